The molecule has 8 nitrogen and oxygen atoms in total. The number of amides is 2. The summed E-state index contributed by atoms with van der Waals surface area (Å²) in [7, 11) is 3.08. The average molecular weight is 334 g/mol. The zero-order valence-electron chi connectivity index (χ0n) is 12.6. The molecule has 1 rings (SSSR count). The van der Waals surface area contributed by atoms with Gasteiger partial charge in [-0.2, -0.15) is 0 Å². The molecule has 0 spiro atoms. The molecule has 1 heterocycles. The molecule has 9 heteroatoms. The molecule has 124 valence electrons. The standard InChI is InChI=1S/C13H20ClN3O5/c1-20-5-3-15-13(19)10-9-22-11(16-10)8-17(4-6-21-2)12(18)7-14/h9H,3-8H2,1-2H3,(H,15,19). The number of alkyl halides is 1. The first-order chi connectivity index (χ1) is 10.6. The first-order valence-electron chi connectivity index (χ1n) is 6.66. The molecule has 0 radical (unpaired) electrons. The van der Waals surface area contributed by atoms with E-state index in [1.54, 1.807) is 7.11 Å². The van der Waals surface area contributed by atoms with Crippen molar-refractivity contribution in [2.45, 2.75) is 6.54 Å². The largest absolute Gasteiger partial charge is 0.446 e. The van der Waals surface area contributed by atoms with Gasteiger partial charge in [0.05, 0.1) is 19.8 Å². The highest BCUT2D eigenvalue weighted by Crippen LogP contribution is 2.07. The van der Waals surface area contributed by atoms with Gasteiger partial charge in [0.15, 0.2) is 5.69 Å². The Kier molecular flexibility index (Phi) is 8.49. The Labute approximate surface area is 133 Å². The van der Waals surface area contributed by atoms with E-state index >= 15 is 0 Å². The van der Waals surface area contributed by atoms with E-state index in [-0.39, 0.29) is 35.8 Å². The van der Waals surface area contributed by atoms with Crippen LogP contribution in [0, 0.1) is 0 Å². The van der Waals surface area contributed by atoms with Crippen molar-refractivity contribution in [3.63, 3.8) is 0 Å². The molecule has 0 aromatic carbocycles. The minimum Gasteiger partial charge on any atom is -0.446 e. The van der Waals surface area contributed by atoms with Gasteiger partial charge in [-0.1, -0.05) is 0 Å². The van der Waals surface area contributed by atoms with Crippen molar-refractivity contribution < 1.29 is 23.5 Å². The number of halogens is 1. The highest BCUT2D eigenvalue weighted by molar-refractivity contribution is 6.27. The number of methoxy groups -OCH3 is 2. The van der Waals surface area contributed by atoms with Crippen LogP contribution in [0.5, 0.6) is 0 Å². The highest BCUT2D eigenvalue weighted by atomic mass is 35.5. The van der Waals surface area contributed by atoms with Gasteiger partial charge in [0, 0.05) is 27.3 Å². The fourth-order valence-corrected chi connectivity index (χ4v) is 1.76. The number of aromatic nitrogens is 1. The zero-order chi connectivity index (χ0) is 16.4. The molecule has 0 fully saturated rings. The number of carbonyl (C=O) groups is 2. The van der Waals surface area contributed by atoms with Gasteiger partial charge < -0.3 is 24.1 Å². The summed E-state index contributed by atoms with van der Waals surface area (Å²) in [5.74, 6) is -0.511. The maximum atomic E-state index is 11.8. The lowest BCUT2D eigenvalue weighted by atomic mass is 10.4. The topological polar surface area (TPSA) is 93.9 Å². The summed E-state index contributed by atoms with van der Waals surface area (Å²) in [5, 5.41) is 2.63. The molecule has 0 aliphatic heterocycles. The zero-order valence-corrected chi connectivity index (χ0v) is 13.4. The summed E-state index contributed by atoms with van der Waals surface area (Å²) in [6.45, 7) is 1.64. The van der Waals surface area contributed by atoms with Gasteiger partial charge in [-0.25, -0.2) is 4.98 Å². The number of rotatable bonds is 10. The lowest BCUT2D eigenvalue weighted by Crippen LogP contribution is -2.34. The second-order valence-corrected chi connectivity index (χ2v) is 4.58. The Morgan fingerprint density at radius 2 is 2.09 bits per heavy atom. The van der Waals surface area contributed by atoms with Gasteiger partial charge >= 0.3 is 0 Å². The Balaban J connectivity index is 2.61. The molecule has 1 aromatic heterocycles. The van der Waals surface area contributed by atoms with E-state index in [0.717, 1.165) is 0 Å². The van der Waals surface area contributed by atoms with E-state index in [9.17, 15) is 9.59 Å². The molecule has 0 saturated heterocycles. The van der Waals surface area contributed by atoms with Crippen LogP contribution < -0.4 is 5.32 Å². The monoisotopic (exact) mass is 333 g/mol. The van der Waals surface area contributed by atoms with E-state index in [1.165, 1.54) is 18.3 Å². The molecule has 2 amide bonds. The minimum atomic E-state index is -0.362. The highest BCUT2D eigenvalue weighted by Gasteiger charge is 2.17. The quantitative estimate of drug-likeness (QED) is 0.488. The van der Waals surface area contributed by atoms with E-state index < -0.39 is 0 Å². The number of hydrogen-bond acceptors (Lipinski definition) is 6. The third-order valence-corrected chi connectivity index (χ3v) is 2.96. The van der Waals surface area contributed by atoms with E-state index in [1.807, 2.05) is 0 Å². The normalized spacial score (nSPS) is 10.5. The smallest absolute Gasteiger partial charge is 0.273 e. The van der Waals surface area contributed by atoms with Crippen LogP contribution in [0.15, 0.2) is 10.7 Å². The second-order valence-electron chi connectivity index (χ2n) is 4.32. The fourth-order valence-electron chi connectivity index (χ4n) is 1.59. The molecule has 22 heavy (non-hydrogen) atoms. The number of ether oxygens (including phenoxy) is 2. The maximum absolute atomic E-state index is 11.8. The van der Waals surface area contributed by atoms with Gasteiger partial charge in [0.25, 0.3) is 5.91 Å². The molecule has 0 saturated carbocycles. The van der Waals surface area contributed by atoms with Gasteiger partial charge in [-0.3, -0.25) is 9.59 Å². The van der Waals surface area contributed by atoms with E-state index in [4.69, 9.17) is 25.5 Å². The van der Waals surface area contributed by atoms with Gasteiger partial charge in [0.2, 0.25) is 11.8 Å². The van der Waals surface area contributed by atoms with Crippen molar-refractivity contribution in [2.75, 3.05) is 46.4 Å². The van der Waals surface area contributed by atoms with Crippen LogP contribution in [0.4, 0.5) is 0 Å². The molecule has 1 aromatic rings. The number of oxazole rings is 1. The third kappa shape index (κ3) is 6.00. The Bertz CT molecular complexity index is 480. The number of nitrogens with zero attached hydrogens (tertiary/aromatic N) is 2. The van der Waals surface area contributed by atoms with Gasteiger partial charge in [-0.15, -0.1) is 11.6 Å². The summed E-state index contributed by atoms with van der Waals surface area (Å²) < 4.78 is 15.0. The Hall–Kier alpha value is -1.64. The van der Waals surface area contributed by atoms with Crippen molar-refractivity contribution in [1.29, 1.82) is 0 Å². The molecular weight excluding hydrogens is 314 g/mol. The van der Waals surface area contributed by atoms with E-state index in [2.05, 4.69) is 10.3 Å². The lowest BCUT2D eigenvalue weighted by molar-refractivity contribution is -0.130. The van der Waals surface area contributed by atoms with Crippen LogP contribution in [0.2, 0.25) is 0 Å². The summed E-state index contributed by atoms with van der Waals surface area (Å²) in [5.41, 5.74) is 0.149. The van der Waals surface area contributed by atoms with Crippen LogP contribution in [-0.2, 0) is 20.8 Å². The van der Waals surface area contributed by atoms with Crippen molar-refractivity contribution in [3.8, 4) is 0 Å². The lowest BCUT2D eigenvalue weighted by Gasteiger charge is -2.19. The average Bonchev–Trinajstić information content (AvgIpc) is 2.99. The molecule has 0 aliphatic rings. The molecular formula is C13H20ClN3O5. The molecule has 1 N–H and O–H groups in total. The molecule has 0 atom stereocenters. The predicted octanol–water partition coefficient (Wildman–Crippen LogP) is 0.265. The van der Waals surface area contributed by atoms with Crippen LogP contribution >= 0.6 is 11.6 Å². The Morgan fingerprint density at radius 1 is 1.36 bits per heavy atom. The van der Waals surface area contributed by atoms with Gasteiger partial charge in [-0.05, 0) is 0 Å². The predicted molar refractivity (Wildman–Crippen MR) is 78.7 cm³/mol. The van der Waals surface area contributed by atoms with Crippen LogP contribution in [0.3, 0.4) is 0 Å². The fraction of sp³-hybridized carbons (Fsp3) is 0.615. The minimum absolute atomic E-state index is 0.125. The van der Waals surface area contributed by atoms with Crippen molar-refractivity contribution >= 4 is 23.4 Å². The van der Waals surface area contributed by atoms with Crippen LogP contribution in [-0.4, -0.2) is 68.1 Å². The van der Waals surface area contributed by atoms with Crippen molar-refractivity contribution in [1.82, 2.24) is 15.2 Å². The first-order valence-corrected chi connectivity index (χ1v) is 7.20. The number of hydrogen-bond donors (Lipinski definition) is 1. The first kappa shape index (κ1) is 18.4. The number of nitrogens with one attached hydrogen (secondary N) is 1. The summed E-state index contributed by atoms with van der Waals surface area (Å²) in [6, 6.07) is 0. The number of carbonyl (C=O) groups excluding carboxylic acids is 2. The Morgan fingerprint density at radius 3 is 2.73 bits per heavy atom. The third-order valence-electron chi connectivity index (χ3n) is 2.73. The van der Waals surface area contributed by atoms with Crippen LogP contribution in [0.25, 0.3) is 0 Å². The molecule has 0 aliphatic carbocycles. The summed E-state index contributed by atoms with van der Waals surface area (Å²) in [4.78, 5) is 29.0. The molecule has 0 unspecified atom stereocenters. The summed E-state index contributed by atoms with van der Waals surface area (Å²) in [6.07, 6.45) is 1.25. The van der Waals surface area contributed by atoms with Gasteiger partial charge in [0.1, 0.15) is 12.1 Å². The van der Waals surface area contributed by atoms with E-state index in [0.29, 0.717) is 26.3 Å². The maximum Gasteiger partial charge on any atom is 0.273 e. The van der Waals surface area contributed by atoms with Crippen molar-refractivity contribution in [3.05, 3.63) is 17.8 Å². The summed E-state index contributed by atoms with van der Waals surface area (Å²) >= 11 is 5.56. The second kappa shape index (κ2) is 10.1. The van der Waals surface area contributed by atoms with Crippen molar-refractivity contribution in [2.24, 2.45) is 0 Å². The van der Waals surface area contributed by atoms with Crippen LogP contribution in [0.1, 0.15) is 16.4 Å². The molecule has 0 bridgehead atoms. The SMILES string of the molecule is COCCNC(=O)c1coc(CN(CCOC)C(=O)CCl)n1.